The number of rotatable bonds is 4. The van der Waals surface area contributed by atoms with E-state index in [0.717, 1.165) is 4.47 Å². The van der Waals surface area contributed by atoms with E-state index in [-0.39, 0.29) is 17.7 Å². The van der Waals surface area contributed by atoms with Gasteiger partial charge in [-0.1, -0.05) is 41.0 Å². The molecule has 0 saturated carbocycles. The van der Waals surface area contributed by atoms with Gasteiger partial charge in [0.25, 0.3) is 5.91 Å². The lowest BCUT2D eigenvalue weighted by atomic mass is 10.0. The molecule has 0 aliphatic carbocycles. The molecule has 5 nitrogen and oxygen atoms in total. The smallest absolute Gasteiger partial charge is 0.251 e. The van der Waals surface area contributed by atoms with E-state index in [1.54, 1.807) is 18.2 Å². The third-order valence-electron chi connectivity index (χ3n) is 2.47. The Balaban J connectivity index is 2.85. The molecule has 0 fully saturated rings. The molecular formula is C12H16BrN3O2. The SMILES string of the molecule is CC(C)C(NC(=O)c1cccc(Br)c1)C(N)=NO. The van der Waals surface area contributed by atoms with Gasteiger partial charge in [-0.05, 0) is 24.1 Å². The Morgan fingerprint density at radius 3 is 2.67 bits per heavy atom. The average Bonchev–Trinajstić information content (AvgIpc) is 2.34. The first kappa shape index (κ1) is 14.5. The van der Waals surface area contributed by atoms with Gasteiger partial charge < -0.3 is 16.3 Å². The van der Waals surface area contributed by atoms with Crippen LogP contribution in [0.25, 0.3) is 0 Å². The van der Waals surface area contributed by atoms with Crippen molar-refractivity contribution in [3.63, 3.8) is 0 Å². The third-order valence-corrected chi connectivity index (χ3v) is 2.97. The van der Waals surface area contributed by atoms with Gasteiger partial charge in [0.1, 0.15) is 0 Å². The third kappa shape index (κ3) is 3.73. The molecule has 1 aromatic rings. The second-order valence-corrected chi connectivity index (χ2v) is 5.15. The normalized spacial score (nSPS) is 13.4. The van der Waals surface area contributed by atoms with Crippen LogP contribution in [0.15, 0.2) is 33.9 Å². The number of hydrogen-bond donors (Lipinski definition) is 3. The minimum Gasteiger partial charge on any atom is -0.409 e. The Hall–Kier alpha value is -1.56. The molecule has 0 saturated heterocycles. The van der Waals surface area contributed by atoms with Gasteiger partial charge in [-0.15, -0.1) is 0 Å². The van der Waals surface area contributed by atoms with Crippen LogP contribution in [0.2, 0.25) is 0 Å². The molecule has 1 amide bonds. The highest BCUT2D eigenvalue weighted by Gasteiger charge is 2.21. The molecule has 6 heteroatoms. The van der Waals surface area contributed by atoms with Crippen molar-refractivity contribution in [1.29, 1.82) is 0 Å². The Labute approximate surface area is 114 Å². The lowest BCUT2D eigenvalue weighted by Gasteiger charge is -2.20. The summed E-state index contributed by atoms with van der Waals surface area (Å²) in [5, 5.41) is 14.4. The number of amides is 1. The monoisotopic (exact) mass is 313 g/mol. The molecule has 0 aliphatic rings. The summed E-state index contributed by atoms with van der Waals surface area (Å²) in [5.74, 6) is -0.244. The number of halogens is 1. The van der Waals surface area contributed by atoms with Gasteiger partial charge in [0, 0.05) is 10.0 Å². The molecule has 0 bridgehead atoms. The zero-order valence-corrected chi connectivity index (χ0v) is 11.8. The van der Waals surface area contributed by atoms with E-state index >= 15 is 0 Å². The minimum absolute atomic E-state index is 0.00616. The Bertz CT molecular complexity index is 460. The molecule has 0 aliphatic heterocycles. The van der Waals surface area contributed by atoms with Gasteiger partial charge in [0.15, 0.2) is 5.84 Å². The van der Waals surface area contributed by atoms with Gasteiger partial charge in [0.2, 0.25) is 0 Å². The molecular weight excluding hydrogens is 298 g/mol. The summed E-state index contributed by atoms with van der Waals surface area (Å²) in [6.45, 7) is 3.76. The quantitative estimate of drug-likeness (QED) is 0.343. The fourth-order valence-corrected chi connectivity index (χ4v) is 1.90. The summed E-state index contributed by atoms with van der Waals surface area (Å²) in [5.41, 5.74) is 6.07. The van der Waals surface area contributed by atoms with Crippen molar-refractivity contribution in [1.82, 2.24) is 5.32 Å². The van der Waals surface area contributed by atoms with Gasteiger partial charge >= 0.3 is 0 Å². The van der Waals surface area contributed by atoms with Crippen molar-refractivity contribution in [2.24, 2.45) is 16.8 Å². The zero-order chi connectivity index (χ0) is 13.7. The van der Waals surface area contributed by atoms with Gasteiger partial charge in [-0.3, -0.25) is 4.79 Å². The van der Waals surface area contributed by atoms with Crippen molar-refractivity contribution in [2.75, 3.05) is 0 Å². The first-order valence-electron chi connectivity index (χ1n) is 5.49. The molecule has 98 valence electrons. The molecule has 1 unspecified atom stereocenters. The van der Waals surface area contributed by atoms with Crippen molar-refractivity contribution in [2.45, 2.75) is 19.9 Å². The Morgan fingerprint density at radius 2 is 2.17 bits per heavy atom. The van der Waals surface area contributed by atoms with E-state index in [4.69, 9.17) is 10.9 Å². The highest BCUT2D eigenvalue weighted by Crippen LogP contribution is 2.12. The number of nitrogens with zero attached hydrogens (tertiary/aromatic N) is 1. The number of carbonyl (C=O) groups is 1. The fourth-order valence-electron chi connectivity index (χ4n) is 1.50. The van der Waals surface area contributed by atoms with Gasteiger partial charge in [0.05, 0.1) is 6.04 Å². The fraction of sp³-hybridized carbons (Fsp3) is 0.333. The molecule has 1 rings (SSSR count). The Kier molecular flexibility index (Phi) is 5.15. The molecule has 18 heavy (non-hydrogen) atoms. The van der Waals surface area contributed by atoms with Crippen LogP contribution in [-0.2, 0) is 0 Å². The van der Waals surface area contributed by atoms with Gasteiger partial charge in [-0.25, -0.2) is 0 Å². The van der Waals surface area contributed by atoms with Crippen LogP contribution in [0.5, 0.6) is 0 Å². The van der Waals surface area contributed by atoms with E-state index in [1.807, 2.05) is 19.9 Å². The van der Waals surface area contributed by atoms with Crippen molar-refractivity contribution in [3.05, 3.63) is 34.3 Å². The van der Waals surface area contributed by atoms with Crippen molar-refractivity contribution >= 4 is 27.7 Å². The summed E-state index contributed by atoms with van der Waals surface area (Å²) >= 11 is 3.30. The highest BCUT2D eigenvalue weighted by atomic mass is 79.9. The summed E-state index contributed by atoms with van der Waals surface area (Å²) in [6.07, 6.45) is 0. The van der Waals surface area contributed by atoms with Crippen LogP contribution < -0.4 is 11.1 Å². The molecule has 0 aromatic heterocycles. The lowest BCUT2D eigenvalue weighted by molar-refractivity contribution is 0.0938. The standard InChI is InChI=1S/C12H16BrN3O2/c1-7(2)10(11(14)16-18)15-12(17)8-4-3-5-9(13)6-8/h3-7,10,18H,1-2H3,(H2,14,16)(H,15,17). The average molecular weight is 314 g/mol. The largest absolute Gasteiger partial charge is 0.409 e. The number of carbonyl (C=O) groups excluding carboxylic acids is 1. The predicted molar refractivity (Wildman–Crippen MR) is 73.6 cm³/mol. The Morgan fingerprint density at radius 1 is 1.50 bits per heavy atom. The van der Waals surface area contributed by atoms with Crippen LogP contribution in [0, 0.1) is 5.92 Å². The summed E-state index contributed by atoms with van der Waals surface area (Å²) in [6, 6.07) is 6.51. The molecule has 0 spiro atoms. The second-order valence-electron chi connectivity index (χ2n) is 4.23. The molecule has 4 N–H and O–H groups in total. The van der Waals surface area contributed by atoms with E-state index in [0.29, 0.717) is 5.56 Å². The van der Waals surface area contributed by atoms with E-state index in [1.165, 1.54) is 0 Å². The lowest BCUT2D eigenvalue weighted by Crippen LogP contribution is -2.47. The maximum Gasteiger partial charge on any atom is 0.251 e. The number of amidine groups is 1. The highest BCUT2D eigenvalue weighted by molar-refractivity contribution is 9.10. The van der Waals surface area contributed by atoms with Crippen LogP contribution in [0.4, 0.5) is 0 Å². The summed E-state index contributed by atoms with van der Waals surface area (Å²) < 4.78 is 0.819. The van der Waals surface area contributed by atoms with Crippen molar-refractivity contribution in [3.8, 4) is 0 Å². The predicted octanol–water partition coefficient (Wildman–Crippen LogP) is 1.95. The van der Waals surface area contributed by atoms with E-state index in [9.17, 15) is 4.79 Å². The summed E-state index contributed by atoms with van der Waals surface area (Å²) in [7, 11) is 0. The number of nitrogens with one attached hydrogen (secondary N) is 1. The second kappa shape index (κ2) is 6.39. The maximum absolute atomic E-state index is 12.0. The molecule has 0 heterocycles. The number of oxime groups is 1. The van der Waals surface area contributed by atoms with Crippen LogP contribution in [0.3, 0.4) is 0 Å². The molecule has 0 radical (unpaired) electrons. The topological polar surface area (TPSA) is 87.7 Å². The van der Waals surface area contributed by atoms with Crippen LogP contribution in [0.1, 0.15) is 24.2 Å². The molecule has 1 atom stereocenters. The first-order chi connectivity index (χ1) is 8.45. The number of hydrogen-bond acceptors (Lipinski definition) is 3. The number of benzene rings is 1. The minimum atomic E-state index is -0.499. The van der Waals surface area contributed by atoms with Crippen molar-refractivity contribution < 1.29 is 10.0 Å². The first-order valence-corrected chi connectivity index (χ1v) is 6.29. The van der Waals surface area contributed by atoms with Crippen LogP contribution >= 0.6 is 15.9 Å². The van der Waals surface area contributed by atoms with Crippen LogP contribution in [-0.4, -0.2) is 23.0 Å². The zero-order valence-electron chi connectivity index (χ0n) is 10.2. The van der Waals surface area contributed by atoms with E-state index in [2.05, 4.69) is 26.4 Å². The summed E-state index contributed by atoms with van der Waals surface area (Å²) in [4.78, 5) is 12.0. The van der Waals surface area contributed by atoms with Gasteiger partial charge in [-0.2, -0.15) is 0 Å². The molecule has 1 aromatic carbocycles. The maximum atomic E-state index is 12.0. The van der Waals surface area contributed by atoms with E-state index < -0.39 is 6.04 Å². The number of nitrogens with two attached hydrogens (primary N) is 1.